The zero-order valence-electron chi connectivity index (χ0n) is 17.2. The van der Waals surface area contributed by atoms with E-state index in [-0.39, 0.29) is 11.6 Å². The van der Waals surface area contributed by atoms with Gasteiger partial charge in [-0.2, -0.15) is 0 Å². The second kappa shape index (κ2) is 11.0. The average molecular weight is 405 g/mol. The Hall–Kier alpha value is -2.31. The van der Waals surface area contributed by atoms with Crippen molar-refractivity contribution in [2.75, 3.05) is 6.61 Å². The van der Waals surface area contributed by atoms with E-state index >= 15 is 0 Å². The van der Waals surface area contributed by atoms with Gasteiger partial charge in [-0.3, -0.25) is 10.0 Å². The van der Waals surface area contributed by atoms with Crippen LogP contribution in [0.2, 0.25) is 0 Å². The Labute approximate surface area is 170 Å². The van der Waals surface area contributed by atoms with Crippen LogP contribution in [0.25, 0.3) is 0 Å². The quantitative estimate of drug-likeness (QED) is 0.334. The van der Waals surface area contributed by atoms with Crippen LogP contribution in [0.1, 0.15) is 47.1 Å². The Bertz CT molecular complexity index is 816. The molecular formula is C23H29F2NO3. The van der Waals surface area contributed by atoms with Crippen molar-refractivity contribution in [2.45, 2.75) is 53.1 Å². The van der Waals surface area contributed by atoms with E-state index in [0.717, 1.165) is 24.0 Å². The highest BCUT2D eigenvalue weighted by atomic mass is 19.1. The summed E-state index contributed by atoms with van der Waals surface area (Å²) in [4.78, 5) is 12.0. The topological polar surface area (TPSA) is 58.6 Å². The maximum Gasteiger partial charge on any atom is 0.246 e. The number of amides is 1. The molecule has 0 aromatic heterocycles. The van der Waals surface area contributed by atoms with Gasteiger partial charge in [-0.15, -0.1) is 0 Å². The summed E-state index contributed by atoms with van der Waals surface area (Å²) in [7, 11) is 0. The third-order valence-corrected chi connectivity index (χ3v) is 5.04. The zero-order valence-corrected chi connectivity index (χ0v) is 17.2. The maximum atomic E-state index is 13.8. The van der Waals surface area contributed by atoms with Crippen LogP contribution in [0.5, 0.6) is 0 Å². The number of aryl methyl sites for hydroxylation is 3. The molecular weight excluding hydrogens is 376 g/mol. The molecule has 1 amide bonds. The summed E-state index contributed by atoms with van der Waals surface area (Å²) in [6.45, 7) is 6.06. The molecule has 158 valence electrons. The summed E-state index contributed by atoms with van der Waals surface area (Å²) in [6, 6.07) is 8.40. The SMILES string of the molecule is Cc1cc(COCCCCC(Cc2cc(C)c(F)c(C)c2)C(=O)NO)ccc1F. The van der Waals surface area contributed by atoms with Crippen molar-refractivity contribution in [3.05, 3.63) is 69.8 Å². The standard InChI is InChI=1S/C23H29F2NO3/c1-15-10-18(7-8-21(15)24)14-29-9-5-4-6-20(23(27)26-28)13-19-11-16(2)22(25)17(3)12-19/h7-8,10-12,20,28H,4-6,9,13-14H2,1-3H3,(H,26,27). The molecule has 0 aliphatic carbocycles. The first-order valence-electron chi connectivity index (χ1n) is 9.84. The normalized spacial score (nSPS) is 12.1. The second-order valence-electron chi connectivity index (χ2n) is 7.55. The van der Waals surface area contributed by atoms with Crippen molar-refractivity contribution in [3.8, 4) is 0 Å². The van der Waals surface area contributed by atoms with Gasteiger partial charge >= 0.3 is 0 Å². The van der Waals surface area contributed by atoms with Gasteiger partial charge in [-0.1, -0.05) is 30.7 Å². The van der Waals surface area contributed by atoms with Crippen LogP contribution in [0.4, 0.5) is 8.78 Å². The van der Waals surface area contributed by atoms with E-state index in [1.165, 1.54) is 6.07 Å². The first-order chi connectivity index (χ1) is 13.8. The Kier molecular flexibility index (Phi) is 8.73. The number of ether oxygens (including phenoxy) is 1. The molecule has 2 N–H and O–H groups in total. The largest absolute Gasteiger partial charge is 0.377 e. The summed E-state index contributed by atoms with van der Waals surface area (Å²) in [5.74, 6) is -1.30. The van der Waals surface area contributed by atoms with Crippen molar-refractivity contribution in [3.63, 3.8) is 0 Å². The fraction of sp³-hybridized carbons (Fsp3) is 0.435. The molecule has 2 rings (SSSR count). The van der Waals surface area contributed by atoms with Gasteiger partial charge in [0.1, 0.15) is 11.6 Å². The molecule has 2 aromatic rings. The summed E-state index contributed by atoms with van der Waals surface area (Å²) in [5.41, 5.74) is 5.22. The first kappa shape index (κ1) is 23.0. The van der Waals surface area contributed by atoms with Crippen LogP contribution in [0, 0.1) is 38.3 Å². The molecule has 0 saturated carbocycles. The number of hydroxylamine groups is 1. The average Bonchev–Trinajstić information content (AvgIpc) is 2.69. The number of carbonyl (C=O) groups is 1. The summed E-state index contributed by atoms with van der Waals surface area (Å²) in [6.07, 6.45) is 2.53. The molecule has 0 aliphatic rings. The molecule has 6 heteroatoms. The summed E-state index contributed by atoms with van der Waals surface area (Å²) < 4.78 is 32.7. The molecule has 1 unspecified atom stereocenters. The highest BCUT2D eigenvalue weighted by Gasteiger charge is 2.19. The number of halogens is 2. The van der Waals surface area contributed by atoms with Gasteiger partial charge in [-0.25, -0.2) is 14.3 Å². The highest BCUT2D eigenvalue weighted by molar-refractivity contribution is 5.77. The van der Waals surface area contributed by atoms with Crippen LogP contribution in [0.3, 0.4) is 0 Å². The maximum absolute atomic E-state index is 13.8. The molecule has 0 spiro atoms. The lowest BCUT2D eigenvalue weighted by molar-refractivity contribution is -0.133. The Morgan fingerprint density at radius 2 is 1.69 bits per heavy atom. The fourth-order valence-corrected chi connectivity index (χ4v) is 3.44. The van der Waals surface area contributed by atoms with Gasteiger partial charge in [0, 0.05) is 12.5 Å². The van der Waals surface area contributed by atoms with E-state index in [1.807, 2.05) is 0 Å². The van der Waals surface area contributed by atoms with Crippen LogP contribution < -0.4 is 5.48 Å². The Balaban J connectivity index is 1.80. The van der Waals surface area contributed by atoms with Gasteiger partial charge in [0.15, 0.2) is 0 Å². The fourth-order valence-electron chi connectivity index (χ4n) is 3.44. The Morgan fingerprint density at radius 3 is 2.31 bits per heavy atom. The van der Waals surface area contributed by atoms with Crippen molar-refractivity contribution in [1.29, 1.82) is 0 Å². The molecule has 0 saturated heterocycles. The number of carbonyl (C=O) groups excluding carboxylic acids is 1. The van der Waals surface area contributed by atoms with Crippen LogP contribution >= 0.6 is 0 Å². The first-order valence-corrected chi connectivity index (χ1v) is 9.84. The Morgan fingerprint density at radius 1 is 1.03 bits per heavy atom. The van der Waals surface area contributed by atoms with Crippen molar-refractivity contribution >= 4 is 5.91 Å². The molecule has 0 fully saturated rings. The van der Waals surface area contributed by atoms with Crippen LogP contribution in [0.15, 0.2) is 30.3 Å². The molecule has 2 aromatic carbocycles. The molecule has 29 heavy (non-hydrogen) atoms. The minimum absolute atomic E-state index is 0.228. The van der Waals surface area contributed by atoms with Crippen molar-refractivity contribution in [1.82, 2.24) is 5.48 Å². The molecule has 0 bridgehead atoms. The number of benzene rings is 2. The number of unbranched alkanes of at least 4 members (excludes halogenated alkanes) is 1. The zero-order chi connectivity index (χ0) is 21.4. The third kappa shape index (κ3) is 6.91. The van der Waals surface area contributed by atoms with Crippen LogP contribution in [-0.2, 0) is 22.6 Å². The van der Waals surface area contributed by atoms with E-state index in [2.05, 4.69) is 0 Å². The minimum atomic E-state index is -0.438. The summed E-state index contributed by atoms with van der Waals surface area (Å²) in [5, 5.41) is 9.03. The lowest BCUT2D eigenvalue weighted by atomic mass is 9.92. The van der Waals surface area contributed by atoms with Crippen LogP contribution in [-0.4, -0.2) is 17.7 Å². The monoisotopic (exact) mass is 405 g/mol. The van der Waals surface area contributed by atoms with E-state index in [0.29, 0.717) is 42.7 Å². The van der Waals surface area contributed by atoms with Crippen molar-refractivity contribution < 1.29 is 23.5 Å². The van der Waals surface area contributed by atoms with E-state index in [1.54, 1.807) is 50.5 Å². The molecule has 0 heterocycles. The lowest BCUT2D eigenvalue weighted by Crippen LogP contribution is -2.29. The van der Waals surface area contributed by atoms with E-state index in [4.69, 9.17) is 9.94 Å². The molecule has 0 aliphatic heterocycles. The summed E-state index contributed by atoms with van der Waals surface area (Å²) >= 11 is 0. The van der Waals surface area contributed by atoms with E-state index in [9.17, 15) is 13.6 Å². The minimum Gasteiger partial charge on any atom is -0.377 e. The van der Waals surface area contributed by atoms with E-state index < -0.39 is 11.8 Å². The second-order valence-corrected chi connectivity index (χ2v) is 7.55. The van der Waals surface area contributed by atoms with Gasteiger partial charge in [0.05, 0.1) is 6.61 Å². The van der Waals surface area contributed by atoms with Gasteiger partial charge in [-0.05, 0) is 73.9 Å². The smallest absolute Gasteiger partial charge is 0.246 e. The van der Waals surface area contributed by atoms with Gasteiger partial charge < -0.3 is 4.74 Å². The van der Waals surface area contributed by atoms with Gasteiger partial charge in [0.25, 0.3) is 0 Å². The number of hydrogen-bond donors (Lipinski definition) is 2. The molecule has 1 atom stereocenters. The predicted octanol–water partition coefficient (Wildman–Crippen LogP) is 4.94. The number of hydrogen-bond acceptors (Lipinski definition) is 3. The lowest BCUT2D eigenvalue weighted by Gasteiger charge is -2.16. The molecule has 0 radical (unpaired) electrons. The number of nitrogens with one attached hydrogen (secondary N) is 1. The third-order valence-electron chi connectivity index (χ3n) is 5.04. The predicted molar refractivity (Wildman–Crippen MR) is 108 cm³/mol. The molecule has 4 nitrogen and oxygen atoms in total. The highest BCUT2D eigenvalue weighted by Crippen LogP contribution is 2.21. The van der Waals surface area contributed by atoms with Gasteiger partial charge in [0.2, 0.25) is 5.91 Å². The number of rotatable bonds is 10. The van der Waals surface area contributed by atoms with Crippen molar-refractivity contribution in [2.24, 2.45) is 5.92 Å².